The summed E-state index contributed by atoms with van der Waals surface area (Å²) in [5.41, 5.74) is -0.182. The number of rotatable bonds is 8. The normalized spacial score (nSPS) is 23.8. The van der Waals surface area contributed by atoms with Crippen molar-refractivity contribution >= 4 is 33.4 Å². The zero-order chi connectivity index (χ0) is 33.7. The Kier molecular flexibility index (Phi) is 8.24. The fourth-order valence-electron chi connectivity index (χ4n) is 8.21. The standard InChI is InChI=1S/C37H37F3N6O2/c1-5-24-27(39)13-12-22-10-8-11-25(31(22)24)33-32(40)34-26(19-41-33)35(44(4)29-14-17-46(28(29)6-2)30(47)7-3)43-36(42-34)48-21-37-15-9-16-45(37)20-23(38)18-37/h1,7-8,10-13,19,23,28-29H,3,6,9,14-18,20-21H2,2,4H3/t23-,28-,29-,37+/m1/s1. The van der Waals surface area contributed by atoms with Crippen LogP contribution < -0.4 is 9.64 Å². The quantitative estimate of drug-likeness (QED) is 0.169. The lowest BCUT2D eigenvalue weighted by Crippen LogP contribution is -2.45. The molecular formula is C37H37F3N6O2. The van der Waals surface area contributed by atoms with Crippen molar-refractivity contribution in [2.24, 2.45) is 0 Å². The van der Waals surface area contributed by atoms with Crippen molar-refractivity contribution in [3.63, 3.8) is 0 Å². The minimum Gasteiger partial charge on any atom is -0.461 e. The van der Waals surface area contributed by atoms with Crippen LogP contribution in [0.5, 0.6) is 6.01 Å². The van der Waals surface area contributed by atoms with Crippen LogP contribution in [0.15, 0.2) is 49.2 Å². The molecule has 2 aromatic carbocycles. The van der Waals surface area contributed by atoms with Crippen LogP contribution in [0.25, 0.3) is 32.9 Å². The number of nitrogens with zero attached hydrogens (tertiary/aromatic N) is 6. The van der Waals surface area contributed by atoms with E-state index >= 15 is 4.39 Å². The van der Waals surface area contributed by atoms with Crippen LogP contribution in [0.1, 0.15) is 44.6 Å². The zero-order valence-electron chi connectivity index (χ0n) is 27.1. The molecule has 0 spiro atoms. The van der Waals surface area contributed by atoms with Gasteiger partial charge in [0.25, 0.3) is 0 Å². The maximum absolute atomic E-state index is 16.9. The highest BCUT2D eigenvalue weighted by Gasteiger charge is 2.49. The third-order valence-electron chi connectivity index (χ3n) is 10.5. The second-order valence-electron chi connectivity index (χ2n) is 13.0. The number of ether oxygens (including phenoxy) is 1. The lowest BCUT2D eigenvalue weighted by atomic mass is 9.95. The number of aromatic nitrogens is 3. The van der Waals surface area contributed by atoms with Gasteiger partial charge in [-0.2, -0.15) is 9.97 Å². The first-order chi connectivity index (χ1) is 23.2. The molecule has 0 bridgehead atoms. The Bertz CT molecular complexity index is 1980. The lowest BCUT2D eigenvalue weighted by molar-refractivity contribution is -0.126. The molecule has 0 unspecified atom stereocenters. The highest BCUT2D eigenvalue weighted by Crippen LogP contribution is 2.41. The molecule has 3 saturated heterocycles. The molecule has 3 fully saturated rings. The third-order valence-corrected chi connectivity index (χ3v) is 10.5. The number of pyridine rings is 1. The Morgan fingerprint density at radius 1 is 1.25 bits per heavy atom. The summed E-state index contributed by atoms with van der Waals surface area (Å²) in [7, 11) is 1.86. The highest BCUT2D eigenvalue weighted by atomic mass is 19.1. The van der Waals surface area contributed by atoms with Crippen LogP contribution in [-0.2, 0) is 4.79 Å². The summed E-state index contributed by atoms with van der Waals surface area (Å²) >= 11 is 0. The van der Waals surface area contributed by atoms with E-state index in [1.807, 2.05) is 18.9 Å². The summed E-state index contributed by atoms with van der Waals surface area (Å²) in [6, 6.07) is 7.75. The Morgan fingerprint density at radius 2 is 2.08 bits per heavy atom. The molecule has 0 radical (unpaired) electrons. The number of amides is 1. The second-order valence-corrected chi connectivity index (χ2v) is 13.0. The first-order valence-corrected chi connectivity index (χ1v) is 16.4. The van der Waals surface area contributed by atoms with Crippen LogP contribution in [0.2, 0.25) is 0 Å². The Balaban J connectivity index is 1.36. The molecule has 2 aromatic heterocycles. The van der Waals surface area contributed by atoms with Crippen molar-refractivity contribution < 1.29 is 22.7 Å². The fourth-order valence-corrected chi connectivity index (χ4v) is 8.21. The number of hydrogen-bond acceptors (Lipinski definition) is 7. The van der Waals surface area contributed by atoms with Crippen LogP contribution in [-0.4, -0.2) is 87.7 Å². The molecule has 0 saturated carbocycles. The van der Waals surface area contributed by atoms with Gasteiger partial charge < -0.3 is 14.5 Å². The molecule has 4 aromatic rings. The molecule has 4 atom stereocenters. The van der Waals surface area contributed by atoms with Crippen LogP contribution in [0, 0.1) is 24.0 Å². The van der Waals surface area contributed by atoms with Crippen molar-refractivity contribution in [1.82, 2.24) is 24.8 Å². The molecular weight excluding hydrogens is 617 g/mol. The van der Waals surface area contributed by atoms with E-state index in [0.29, 0.717) is 59.9 Å². The number of likely N-dealkylation sites (N-methyl/N-ethyl adjacent to an activating group) is 1. The van der Waals surface area contributed by atoms with Gasteiger partial charge in [0.05, 0.1) is 28.6 Å². The number of hydrogen-bond donors (Lipinski definition) is 0. The van der Waals surface area contributed by atoms with Gasteiger partial charge in [0.1, 0.15) is 35.6 Å². The van der Waals surface area contributed by atoms with Gasteiger partial charge >= 0.3 is 6.01 Å². The molecule has 5 heterocycles. The highest BCUT2D eigenvalue weighted by molar-refractivity contribution is 6.02. The molecule has 0 aliphatic carbocycles. The van der Waals surface area contributed by atoms with E-state index in [9.17, 15) is 13.6 Å². The summed E-state index contributed by atoms with van der Waals surface area (Å²) in [6.45, 7) is 7.55. The van der Waals surface area contributed by atoms with Crippen LogP contribution in [0.4, 0.5) is 19.0 Å². The predicted molar refractivity (Wildman–Crippen MR) is 179 cm³/mol. The fraction of sp³-hybridized carbons (Fsp3) is 0.405. The average Bonchev–Trinajstić information content (AvgIpc) is 3.78. The van der Waals surface area contributed by atoms with Crippen LogP contribution in [0.3, 0.4) is 0 Å². The SMILES string of the molecule is C#Cc1c(F)ccc2cccc(-c3ncc4c(N(C)[C@@H]5CCN(C(=O)C=C)[C@@H]5CC)nc(OC[C@@]56CCCN5C[C@H](F)C6)nc4c3F)c12. The van der Waals surface area contributed by atoms with E-state index in [1.54, 1.807) is 29.2 Å². The van der Waals surface area contributed by atoms with Gasteiger partial charge in [-0.25, -0.2) is 13.2 Å². The maximum atomic E-state index is 16.9. The summed E-state index contributed by atoms with van der Waals surface area (Å²) in [5.74, 6) is 1.34. The molecule has 248 valence electrons. The minimum atomic E-state index is -0.938. The molecule has 48 heavy (non-hydrogen) atoms. The average molecular weight is 655 g/mol. The minimum absolute atomic E-state index is 0.0186. The molecule has 3 aliphatic rings. The Morgan fingerprint density at radius 3 is 2.85 bits per heavy atom. The number of halogens is 3. The van der Waals surface area contributed by atoms with E-state index < -0.39 is 23.3 Å². The van der Waals surface area contributed by atoms with Gasteiger partial charge in [0.15, 0.2) is 5.82 Å². The Hall–Kier alpha value is -4.69. The summed E-state index contributed by atoms with van der Waals surface area (Å²) < 4.78 is 52.5. The van der Waals surface area contributed by atoms with Crippen molar-refractivity contribution in [3.05, 3.63) is 66.4 Å². The summed E-state index contributed by atoms with van der Waals surface area (Å²) in [6.07, 6.45) is 11.1. The van der Waals surface area contributed by atoms with Gasteiger partial charge in [-0.15, -0.1) is 6.42 Å². The largest absolute Gasteiger partial charge is 0.461 e. The number of anilines is 1. The number of likely N-dealkylation sites (tertiary alicyclic amines) is 1. The Labute approximate surface area is 277 Å². The van der Waals surface area contributed by atoms with Gasteiger partial charge in [-0.1, -0.05) is 43.7 Å². The topological polar surface area (TPSA) is 74.7 Å². The molecule has 7 rings (SSSR count). The van der Waals surface area contributed by atoms with Crippen molar-refractivity contribution in [2.45, 2.75) is 62.8 Å². The molecule has 0 N–H and O–H groups in total. The molecule has 1 amide bonds. The van der Waals surface area contributed by atoms with Gasteiger partial charge in [0, 0.05) is 43.7 Å². The lowest BCUT2D eigenvalue weighted by Gasteiger charge is -2.34. The molecule has 11 heteroatoms. The van der Waals surface area contributed by atoms with Gasteiger partial charge in [-0.05, 0) is 49.8 Å². The maximum Gasteiger partial charge on any atom is 0.319 e. The first kappa shape index (κ1) is 31.9. The van der Waals surface area contributed by atoms with E-state index in [0.717, 1.165) is 19.4 Å². The van der Waals surface area contributed by atoms with E-state index in [2.05, 4.69) is 27.4 Å². The monoisotopic (exact) mass is 654 g/mol. The second kappa shape index (κ2) is 12.4. The summed E-state index contributed by atoms with van der Waals surface area (Å²) in [5, 5.41) is 1.37. The summed E-state index contributed by atoms with van der Waals surface area (Å²) in [4.78, 5) is 32.5. The van der Waals surface area contributed by atoms with Crippen molar-refractivity contribution in [2.75, 3.05) is 38.2 Å². The number of carbonyl (C=O) groups is 1. The predicted octanol–water partition coefficient (Wildman–Crippen LogP) is 6.06. The van der Waals surface area contributed by atoms with Gasteiger partial charge in [-0.3, -0.25) is 14.7 Å². The molecule has 3 aliphatic heterocycles. The van der Waals surface area contributed by atoms with E-state index in [1.165, 1.54) is 18.3 Å². The number of alkyl halides is 1. The van der Waals surface area contributed by atoms with Crippen LogP contribution >= 0.6 is 0 Å². The van der Waals surface area contributed by atoms with Gasteiger partial charge in [0.2, 0.25) is 5.91 Å². The van der Waals surface area contributed by atoms with E-state index in [-0.39, 0.29) is 47.4 Å². The van der Waals surface area contributed by atoms with Crippen molar-refractivity contribution in [3.8, 4) is 29.6 Å². The van der Waals surface area contributed by atoms with Crippen molar-refractivity contribution in [1.29, 1.82) is 0 Å². The first-order valence-electron chi connectivity index (χ1n) is 16.4. The smallest absolute Gasteiger partial charge is 0.319 e. The third kappa shape index (κ3) is 5.14. The van der Waals surface area contributed by atoms with E-state index in [4.69, 9.17) is 16.1 Å². The number of fused-ring (bicyclic) bond motifs is 3. The molecule has 8 nitrogen and oxygen atoms in total. The number of carbonyl (C=O) groups excluding carboxylic acids is 1. The zero-order valence-corrected chi connectivity index (χ0v) is 27.1. The number of benzene rings is 2. The number of terminal acetylenes is 1.